The zero-order valence-corrected chi connectivity index (χ0v) is 16.7. The van der Waals surface area contributed by atoms with E-state index in [-0.39, 0.29) is 18.3 Å². The quantitative estimate of drug-likeness (QED) is 0.461. The van der Waals surface area contributed by atoms with Gasteiger partial charge in [0.1, 0.15) is 5.75 Å². The van der Waals surface area contributed by atoms with E-state index >= 15 is 0 Å². The molecule has 2 heterocycles. The predicted molar refractivity (Wildman–Crippen MR) is 104 cm³/mol. The summed E-state index contributed by atoms with van der Waals surface area (Å²) in [5.74, 6) is 0.148. The summed E-state index contributed by atoms with van der Waals surface area (Å²) in [5.41, 5.74) is 6.38. The molecule has 28 heavy (non-hydrogen) atoms. The molecule has 0 atom stereocenters. The third-order valence-corrected chi connectivity index (χ3v) is 4.70. The van der Waals surface area contributed by atoms with Crippen molar-refractivity contribution in [2.45, 2.75) is 19.0 Å². The molecule has 3 rings (SSSR count). The van der Waals surface area contributed by atoms with Gasteiger partial charge >= 0.3 is 0 Å². The Balaban J connectivity index is 1.44. The number of fused-ring (bicyclic) bond motifs is 1. The Kier molecular flexibility index (Phi) is 6.32. The fourth-order valence-electron chi connectivity index (χ4n) is 2.32. The summed E-state index contributed by atoms with van der Waals surface area (Å²) >= 11 is 6.97. The van der Waals surface area contributed by atoms with E-state index in [1.165, 1.54) is 11.8 Å². The molecule has 2 N–H and O–H groups in total. The van der Waals surface area contributed by atoms with Crippen LogP contribution in [0.1, 0.15) is 11.4 Å². The molecule has 0 radical (unpaired) electrons. The molecule has 146 valence electrons. The monoisotopic (exact) mass is 420 g/mol. The van der Waals surface area contributed by atoms with Crippen LogP contribution in [0.2, 0.25) is 5.02 Å². The number of aryl methyl sites for hydroxylation is 2. The molecule has 0 saturated heterocycles. The number of benzene rings is 1. The summed E-state index contributed by atoms with van der Waals surface area (Å²) in [6.45, 7) is 3.55. The maximum absolute atomic E-state index is 12.0. The van der Waals surface area contributed by atoms with Gasteiger partial charge in [0.05, 0.1) is 5.75 Å². The van der Waals surface area contributed by atoms with E-state index < -0.39 is 5.91 Å². The summed E-state index contributed by atoms with van der Waals surface area (Å²) in [5, 5.41) is 9.18. The van der Waals surface area contributed by atoms with Crippen molar-refractivity contribution in [2.24, 2.45) is 0 Å². The molecule has 0 aliphatic carbocycles. The smallest absolute Gasteiger partial charge is 0.276 e. The standard InChI is InChI=1S/C17H17ClN6O3S/c1-10-7-11(2)24-16(19-10)22-23-17(24)28-9-15(26)21-20-14(25)8-27-13-5-3-12(18)4-6-13/h3-7H,8-9H2,1-2H3,(H,20,25)(H,21,26). The number of hydrazine groups is 1. The molecular formula is C17H17ClN6O3S. The fraction of sp³-hybridized carbons (Fsp3) is 0.235. The van der Waals surface area contributed by atoms with Crippen LogP contribution in [0.4, 0.5) is 0 Å². The average Bonchev–Trinajstić information content (AvgIpc) is 3.07. The van der Waals surface area contributed by atoms with Crippen molar-refractivity contribution in [1.82, 2.24) is 30.4 Å². The zero-order chi connectivity index (χ0) is 20.1. The number of amides is 2. The molecule has 0 unspecified atom stereocenters. The van der Waals surface area contributed by atoms with Crippen LogP contribution in [-0.2, 0) is 9.59 Å². The maximum Gasteiger partial charge on any atom is 0.276 e. The second-order valence-corrected chi connectivity index (χ2v) is 7.16. The Morgan fingerprint density at radius 2 is 1.86 bits per heavy atom. The largest absolute Gasteiger partial charge is 0.484 e. The number of halogens is 1. The Labute approximate surface area is 169 Å². The Hall–Kier alpha value is -2.85. The number of hydrogen-bond donors (Lipinski definition) is 2. The first-order chi connectivity index (χ1) is 13.4. The highest BCUT2D eigenvalue weighted by atomic mass is 35.5. The van der Waals surface area contributed by atoms with Crippen LogP contribution >= 0.6 is 23.4 Å². The van der Waals surface area contributed by atoms with Crippen LogP contribution < -0.4 is 15.6 Å². The van der Waals surface area contributed by atoms with Crippen molar-refractivity contribution < 1.29 is 14.3 Å². The van der Waals surface area contributed by atoms with E-state index in [9.17, 15) is 9.59 Å². The van der Waals surface area contributed by atoms with Crippen molar-refractivity contribution in [2.75, 3.05) is 12.4 Å². The van der Waals surface area contributed by atoms with Crippen molar-refractivity contribution in [3.8, 4) is 5.75 Å². The van der Waals surface area contributed by atoms with Gasteiger partial charge in [0.2, 0.25) is 5.91 Å². The Bertz CT molecular complexity index is 1010. The van der Waals surface area contributed by atoms with E-state index in [1.807, 2.05) is 19.9 Å². The maximum atomic E-state index is 12.0. The number of ether oxygens (including phenoxy) is 1. The number of carbonyl (C=O) groups is 2. The molecule has 0 bridgehead atoms. The third-order valence-electron chi connectivity index (χ3n) is 3.52. The lowest BCUT2D eigenvalue weighted by Crippen LogP contribution is -2.44. The van der Waals surface area contributed by atoms with Gasteiger partial charge in [0.25, 0.3) is 11.7 Å². The van der Waals surface area contributed by atoms with Crippen LogP contribution in [0.15, 0.2) is 35.5 Å². The molecule has 0 aliphatic heterocycles. The van der Waals surface area contributed by atoms with Gasteiger partial charge in [-0.2, -0.15) is 0 Å². The van der Waals surface area contributed by atoms with E-state index in [0.717, 1.165) is 11.4 Å². The first kappa shape index (κ1) is 19.9. The summed E-state index contributed by atoms with van der Waals surface area (Å²) in [7, 11) is 0. The number of hydrogen-bond acceptors (Lipinski definition) is 7. The Morgan fingerprint density at radius 3 is 2.61 bits per heavy atom. The highest BCUT2D eigenvalue weighted by molar-refractivity contribution is 7.99. The number of nitrogens with zero attached hydrogens (tertiary/aromatic N) is 4. The zero-order valence-electron chi connectivity index (χ0n) is 15.1. The van der Waals surface area contributed by atoms with Gasteiger partial charge in [-0.05, 0) is 44.2 Å². The third kappa shape index (κ3) is 5.11. The van der Waals surface area contributed by atoms with Crippen molar-refractivity contribution >= 4 is 41.0 Å². The van der Waals surface area contributed by atoms with Gasteiger partial charge < -0.3 is 4.74 Å². The lowest BCUT2D eigenvalue weighted by Gasteiger charge is -2.09. The summed E-state index contributed by atoms with van der Waals surface area (Å²) in [4.78, 5) is 28.0. The van der Waals surface area contributed by atoms with Crippen LogP contribution in [0.5, 0.6) is 5.75 Å². The number of nitrogens with one attached hydrogen (secondary N) is 2. The minimum atomic E-state index is -0.489. The van der Waals surface area contributed by atoms with E-state index in [2.05, 4.69) is 26.0 Å². The van der Waals surface area contributed by atoms with Crippen molar-refractivity contribution in [3.63, 3.8) is 0 Å². The molecule has 9 nitrogen and oxygen atoms in total. The lowest BCUT2D eigenvalue weighted by molar-refractivity contribution is -0.128. The first-order valence-corrected chi connectivity index (χ1v) is 9.57. The highest BCUT2D eigenvalue weighted by Gasteiger charge is 2.13. The second-order valence-electron chi connectivity index (χ2n) is 5.78. The molecule has 11 heteroatoms. The predicted octanol–water partition coefficient (Wildman–Crippen LogP) is 1.71. The van der Waals surface area contributed by atoms with Gasteiger partial charge in [-0.25, -0.2) is 4.98 Å². The van der Waals surface area contributed by atoms with Gasteiger partial charge in [0, 0.05) is 16.4 Å². The van der Waals surface area contributed by atoms with E-state index in [4.69, 9.17) is 16.3 Å². The highest BCUT2D eigenvalue weighted by Crippen LogP contribution is 2.18. The van der Waals surface area contributed by atoms with Crippen molar-refractivity contribution in [3.05, 3.63) is 46.7 Å². The molecule has 2 aromatic heterocycles. The van der Waals surface area contributed by atoms with Crippen LogP contribution in [-0.4, -0.2) is 43.8 Å². The van der Waals surface area contributed by atoms with Crippen molar-refractivity contribution in [1.29, 1.82) is 0 Å². The molecule has 3 aromatic rings. The normalized spacial score (nSPS) is 10.7. The number of thioether (sulfide) groups is 1. The van der Waals surface area contributed by atoms with Crippen LogP contribution in [0, 0.1) is 13.8 Å². The molecule has 0 aliphatic rings. The molecule has 0 fully saturated rings. The first-order valence-electron chi connectivity index (χ1n) is 8.20. The molecular weight excluding hydrogens is 404 g/mol. The Morgan fingerprint density at radius 1 is 1.14 bits per heavy atom. The SMILES string of the molecule is Cc1cc(C)n2c(SCC(=O)NNC(=O)COc3ccc(Cl)cc3)nnc2n1. The summed E-state index contributed by atoms with van der Waals surface area (Å²) in [6.07, 6.45) is 0. The number of carbonyl (C=O) groups excluding carboxylic acids is 2. The lowest BCUT2D eigenvalue weighted by atomic mass is 10.3. The van der Waals surface area contributed by atoms with Gasteiger partial charge in [-0.1, -0.05) is 23.4 Å². The van der Waals surface area contributed by atoms with Gasteiger partial charge in [-0.15, -0.1) is 10.2 Å². The minimum absolute atomic E-state index is 0.0480. The van der Waals surface area contributed by atoms with Gasteiger partial charge in [0.15, 0.2) is 11.8 Å². The summed E-state index contributed by atoms with van der Waals surface area (Å²) < 4.78 is 7.06. The second kappa shape index (κ2) is 8.89. The van der Waals surface area contributed by atoms with E-state index in [1.54, 1.807) is 28.7 Å². The fourth-order valence-corrected chi connectivity index (χ4v) is 3.23. The average molecular weight is 421 g/mol. The van der Waals surface area contributed by atoms with Gasteiger partial charge in [-0.3, -0.25) is 24.8 Å². The van der Waals surface area contributed by atoms with Crippen LogP contribution in [0.3, 0.4) is 0 Å². The van der Waals surface area contributed by atoms with Crippen LogP contribution in [0.25, 0.3) is 5.78 Å². The molecule has 2 amide bonds. The number of rotatable bonds is 6. The number of aromatic nitrogens is 4. The summed E-state index contributed by atoms with van der Waals surface area (Å²) in [6, 6.07) is 8.50. The topological polar surface area (TPSA) is 111 Å². The molecule has 0 saturated carbocycles. The minimum Gasteiger partial charge on any atom is -0.484 e. The molecule has 0 spiro atoms. The molecule has 1 aromatic carbocycles. The van der Waals surface area contributed by atoms with E-state index in [0.29, 0.717) is 21.7 Å².